The Bertz CT molecular complexity index is 126. The number of nitrogens with one attached hydrogen (secondary N) is 1. The van der Waals surface area contributed by atoms with Gasteiger partial charge in [-0.2, -0.15) is 0 Å². The third kappa shape index (κ3) is 13.9. The lowest BCUT2D eigenvalue weighted by atomic mass is 10.0. The van der Waals surface area contributed by atoms with Crippen LogP contribution < -0.4 is 5.48 Å². The van der Waals surface area contributed by atoms with Crippen LogP contribution in [-0.2, 0) is 0 Å². The van der Waals surface area contributed by atoms with Gasteiger partial charge >= 0.3 is 0 Å². The van der Waals surface area contributed by atoms with Gasteiger partial charge in [-0.1, -0.05) is 71.6 Å². The van der Waals surface area contributed by atoms with Crippen molar-refractivity contribution in [1.82, 2.24) is 5.48 Å². The van der Waals surface area contributed by atoms with Crippen molar-refractivity contribution in [3.8, 4) is 0 Å². The highest BCUT2D eigenvalue weighted by atomic mass is 16.5. The summed E-state index contributed by atoms with van der Waals surface area (Å²) in [5, 5.41) is 8.38. The first kappa shape index (κ1) is 15.9. The molecule has 0 aromatic rings. The number of hydrogen-bond acceptors (Lipinski definition) is 2. The first-order valence-electron chi connectivity index (χ1n) is 7.14. The third-order valence-electron chi connectivity index (χ3n) is 3.07. The summed E-state index contributed by atoms with van der Waals surface area (Å²) in [6.07, 6.45) is 13.5. The zero-order chi connectivity index (χ0) is 12.1. The highest BCUT2D eigenvalue weighted by Crippen LogP contribution is 2.12. The molecule has 0 aliphatic carbocycles. The van der Waals surface area contributed by atoms with E-state index in [1.165, 1.54) is 57.8 Å². The summed E-state index contributed by atoms with van der Waals surface area (Å²) in [4.78, 5) is 0. The van der Waals surface area contributed by atoms with E-state index in [2.05, 4.69) is 19.3 Å². The normalized spacial score (nSPS) is 11.2. The Hall–Kier alpha value is -0.0800. The largest absolute Gasteiger partial charge is 0.317 e. The molecule has 0 radical (unpaired) electrons. The highest BCUT2D eigenvalue weighted by Gasteiger charge is 1.95. The van der Waals surface area contributed by atoms with Crippen LogP contribution >= 0.6 is 0 Å². The fourth-order valence-electron chi connectivity index (χ4n) is 1.99. The second-order valence-electron chi connectivity index (χ2n) is 5.27. The maximum Gasteiger partial charge on any atom is 0.0207 e. The van der Waals surface area contributed by atoms with E-state index in [1.54, 1.807) is 0 Å². The fourth-order valence-corrected chi connectivity index (χ4v) is 1.99. The lowest BCUT2D eigenvalue weighted by Crippen LogP contribution is -2.07. The second kappa shape index (κ2) is 13.0. The van der Waals surface area contributed by atoms with Crippen LogP contribution in [0.1, 0.15) is 78.1 Å². The Morgan fingerprint density at radius 1 is 0.750 bits per heavy atom. The first-order chi connectivity index (χ1) is 7.77. The molecule has 0 aliphatic rings. The quantitative estimate of drug-likeness (QED) is 0.381. The molecule has 0 spiro atoms. The van der Waals surface area contributed by atoms with E-state index in [9.17, 15) is 0 Å². The van der Waals surface area contributed by atoms with Crippen molar-refractivity contribution < 1.29 is 5.21 Å². The molecule has 0 fully saturated rings. The Morgan fingerprint density at radius 3 is 1.62 bits per heavy atom. The summed E-state index contributed by atoms with van der Waals surface area (Å²) >= 11 is 0. The predicted molar refractivity (Wildman–Crippen MR) is 70.8 cm³/mol. The molecule has 0 heterocycles. The standard InChI is InChI=1S/C14H31NO/c1-14(2)12-10-8-6-4-3-5-7-9-11-13-15-16/h14-16H,3-13H2,1-2H3. The van der Waals surface area contributed by atoms with Gasteiger partial charge in [0, 0.05) is 6.54 Å². The van der Waals surface area contributed by atoms with Crippen LogP contribution in [0.25, 0.3) is 0 Å². The molecule has 2 nitrogen and oxygen atoms in total. The average molecular weight is 229 g/mol. The molecule has 2 N–H and O–H groups in total. The maximum absolute atomic E-state index is 8.38. The summed E-state index contributed by atoms with van der Waals surface area (Å²) in [5.74, 6) is 0.875. The molecular weight excluding hydrogens is 198 g/mol. The molecule has 0 saturated carbocycles. The minimum Gasteiger partial charge on any atom is -0.317 e. The van der Waals surface area contributed by atoms with Gasteiger partial charge in [-0.05, 0) is 12.3 Å². The van der Waals surface area contributed by atoms with Gasteiger partial charge in [-0.15, -0.1) is 0 Å². The van der Waals surface area contributed by atoms with E-state index >= 15 is 0 Å². The molecule has 0 aromatic heterocycles. The van der Waals surface area contributed by atoms with E-state index in [0.29, 0.717) is 0 Å². The number of hydroxylamine groups is 1. The van der Waals surface area contributed by atoms with Crippen LogP contribution in [0.2, 0.25) is 0 Å². The molecule has 0 aromatic carbocycles. The van der Waals surface area contributed by atoms with E-state index in [-0.39, 0.29) is 0 Å². The Balaban J connectivity index is 2.88. The minimum absolute atomic E-state index is 0.745. The SMILES string of the molecule is CC(C)CCCCCCCCCCCNO. The third-order valence-corrected chi connectivity index (χ3v) is 3.07. The van der Waals surface area contributed by atoms with Crippen molar-refractivity contribution in [1.29, 1.82) is 0 Å². The van der Waals surface area contributed by atoms with Crippen molar-refractivity contribution in [3.05, 3.63) is 0 Å². The van der Waals surface area contributed by atoms with Gasteiger partial charge in [0.15, 0.2) is 0 Å². The molecule has 0 saturated heterocycles. The maximum atomic E-state index is 8.38. The van der Waals surface area contributed by atoms with E-state index in [0.717, 1.165) is 18.9 Å². The molecule has 0 aliphatic heterocycles. The van der Waals surface area contributed by atoms with Crippen LogP contribution in [0, 0.1) is 5.92 Å². The Labute approximate surface area is 102 Å². The number of rotatable bonds is 12. The smallest absolute Gasteiger partial charge is 0.0207 e. The molecular formula is C14H31NO. The molecule has 0 rings (SSSR count). The van der Waals surface area contributed by atoms with Gasteiger partial charge in [0.2, 0.25) is 0 Å². The number of hydrogen-bond donors (Lipinski definition) is 2. The van der Waals surface area contributed by atoms with E-state index < -0.39 is 0 Å². The summed E-state index contributed by atoms with van der Waals surface area (Å²) in [5.41, 5.74) is 2.20. The van der Waals surface area contributed by atoms with Crippen LogP contribution in [0.15, 0.2) is 0 Å². The zero-order valence-electron chi connectivity index (χ0n) is 11.3. The predicted octanol–water partition coefficient (Wildman–Crippen LogP) is 4.52. The Kier molecular flexibility index (Phi) is 12.9. The first-order valence-corrected chi connectivity index (χ1v) is 7.14. The minimum atomic E-state index is 0.745. The summed E-state index contributed by atoms with van der Waals surface area (Å²) in [7, 11) is 0. The van der Waals surface area contributed by atoms with Gasteiger partial charge in [0.05, 0.1) is 0 Å². The Morgan fingerprint density at radius 2 is 1.19 bits per heavy atom. The lowest BCUT2D eigenvalue weighted by molar-refractivity contribution is 0.164. The molecule has 0 bridgehead atoms. The highest BCUT2D eigenvalue weighted by molar-refractivity contribution is 4.50. The van der Waals surface area contributed by atoms with Crippen molar-refractivity contribution >= 4 is 0 Å². The zero-order valence-corrected chi connectivity index (χ0v) is 11.3. The van der Waals surface area contributed by atoms with Gasteiger partial charge < -0.3 is 5.21 Å². The van der Waals surface area contributed by atoms with Crippen LogP contribution in [-0.4, -0.2) is 11.8 Å². The molecule has 0 atom stereocenters. The average Bonchev–Trinajstić information content (AvgIpc) is 2.25. The van der Waals surface area contributed by atoms with Crippen LogP contribution in [0.3, 0.4) is 0 Å². The monoisotopic (exact) mass is 229 g/mol. The molecule has 98 valence electrons. The second-order valence-corrected chi connectivity index (χ2v) is 5.27. The van der Waals surface area contributed by atoms with Crippen molar-refractivity contribution in [3.63, 3.8) is 0 Å². The number of unbranched alkanes of at least 4 members (excludes halogenated alkanes) is 8. The van der Waals surface area contributed by atoms with E-state index in [1.807, 2.05) is 0 Å². The molecule has 16 heavy (non-hydrogen) atoms. The summed E-state index contributed by atoms with van der Waals surface area (Å²) in [6, 6.07) is 0. The fraction of sp³-hybridized carbons (Fsp3) is 1.00. The van der Waals surface area contributed by atoms with Gasteiger partial charge in [0.1, 0.15) is 0 Å². The van der Waals surface area contributed by atoms with Crippen molar-refractivity contribution in [2.75, 3.05) is 6.54 Å². The van der Waals surface area contributed by atoms with Gasteiger partial charge in [0.25, 0.3) is 0 Å². The van der Waals surface area contributed by atoms with Gasteiger partial charge in [-0.25, -0.2) is 5.48 Å². The van der Waals surface area contributed by atoms with Crippen molar-refractivity contribution in [2.45, 2.75) is 78.1 Å². The summed E-state index contributed by atoms with van der Waals surface area (Å²) < 4.78 is 0. The lowest BCUT2D eigenvalue weighted by Gasteiger charge is -2.04. The van der Waals surface area contributed by atoms with Crippen LogP contribution in [0.4, 0.5) is 0 Å². The molecule has 2 heteroatoms. The van der Waals surface area contributed by atoms with Gasteiger partial charge in [-0.3, -0.25) is 0 Å². The molecule has 0 unspecified atom stereocenters. The van der Waals surface area contributed by atoms with E-state index in [4.69, 9.17) is 5.21 Å². The molecule has 0 amide bonds. The van der Waals surface area contributed by atoms with Crippen LogP contribution in [0.5, 0.6) is 0 Å². The van der Waals surface area contributed by atoms with Crippen molar-refractivity contribution in [2.24, 2.45) is 5.92 Å². The topological polar surface area (TPSA) is 32.3 Å². The summed E-state index contributed by atoms with van der Waals surface area (Å²) in [6.45, 7) is 5.36.